The Hall–Kier alpha value is -2.44. The van der Waals surface area contributed by atoms with E-state index in [2.05, 4.69) is 42.4 Å². The fourth-order valence-electron chi connectivity index (χ4n) is 3.48. The first-order valence-electron chi connectivity index (χ1n) is 9.34. The summed E-state index contributed by atoms with van der Waals surface area (Å²) in [4.78, 5) is 3.40. The SMILES string of the molecule is CCN1C(=CC(C)=Cc2sc3ccc(O)cc3[n+]2CC)Sc2ccc(O)cc21. The number of anilines is 1. The van der Waals surface area contributed by atoms with Gasteiger partial charge < -0.3 is 15.1 Å². The Labute approximate surface area is 173 Å². The zero-order valence-corrected chi connectivity index (χ0v) is 17.8. The summed E-state index contributed by atoms with van der Waals surface area (Å²) < 4.78 is 3.40. The highest BCUT2D eigenvalue weighted by molar-refractivity contribution is 8.03. The van der Waals surface area contributed by atoms with Crippen molar-refractivity contribution in [3.05, 3.63) is 58.1 Å². The van der Waals surface area contributed by atoms with Gasteiger partial charge in [-0.15, -0.1) is 0 Å². The van der Waals surface area contributed by atoms with Gasteiger partial charge in [0.1, 0.15) is 22.7 Å². The van der Waals surface area contributed by atoms with Crippen LogP contribution in [0.1, 0.15) is 25.8 Å². The first-order chi connectivity index (χ1) is 13.5. The van der Waals surface area contributed by atoms with Gasteiger partial charge in [-0.25, -0.2) is 0 Å². The molecule has 2 aromatic carbocycles. The number of allylic oxidation sites excluding steroid dienone is 2. The number of hydrogen-bond acceptors (Lipinski definition) is 5. The van der Waals surface area contributed by atoms with Gasteiger partial charge in [0.2, 0.25) is 5.52 Å². The molecule has 0 spiro atoms. The molecule has 6 heteroatoms. The van der Waals surface area contributed by atoms with E-state index in [1.165, 1.54) is 19.6 Å². The van der Waals surface area contributed by atoms with Gasteiger partial charge in [-0.05, 0) is 56.7 Å². The molecule has 0 radical (unpaired) electrons. The van der Waals surface area contributed by atoms with Crippen LogP contribution in [0.25, 0.3) is 16.3 Å². The van der Waals surface area contributed by atoms with Crippen LogP contribution in [0.4, 0.5) is 5.69 Å². The van der Waals surface area contributed by atoms with Crippen LogP contribution in [0.5, 0.6) is 11.5 Å². The highest BCUT2D eigenvalue weighted by atomic mass is 32.2. The van der Waals surface area contributed by atoms with Gasteiger partial charge in [0, 0.05) is 23.6 Å². The fraction of sp³-hybridized carbons (Fsp3) is 0.227. The monoisotopic (exact) mass is 411 g/mol. The summed E-state index contributed by atoms with van der Waals surface area (Å²) >= 11 is 3.46. The third-order valence-electron chi connectivity index (χ3n) is 4.76. The number of aromatic hydroxyl groups is 2. The van der Waals surface area contributed by atoms with E-state index in [-0.39, 0.29) is 0 Å². The van der Waals surface area contributed by atoms with Gasteiger partial charge in [-0.1, -0.05) is 23.1 Å². The van der Waals surface area contributed by atoms with Crippen molar-refractivity contribution >= 4 is 45.1 Å². The minimum absolute atomic E-state index is 0.295. The Kier molecular flexibility index (Phi) is 5.08. The Morgan fingerprint density at radius 3 is 2.61 bits per heavy atom. The molecule has 28 heavy (non-hydrogen) atoms. The van der Waals surface area contributed by atoms with Gasteiger partial charge in [-0.3, -0.25) is 0 Å². The number of rotatable bonds is 4. The van der Waals surface area contributed by atoms with Gasteiger partial charge in [0.05, 0.1) is 16.8 Å². The minimum atomic E-state index is 0.295. The molecule has 0 saturated carbocycles. The van der Waals surface area contributed by atoms with Gasteiger partial charge in [0.15, 0.2) is 0 Å². The Morgan fingerprint density at radius 2 is 1.86 bits per heavy atom. The lowest BCUT2D eigenvalue weighted by Gasteiger charge is -2.18. The molecule has 2 N–H and O–H groups in total. The third-order valence-corrected chi connectivity index (χ3v) is 6.99. The second-order valence-corrected chi connectivity index (χ2v) is 8.83. The number of aromatic nitrogens is 1. The first kappa shape index (κ1) is 18.9. The van der Waals surface area contributed by atoms with Gasteiger partial charge in [-0.2, -0.15) is 4.57 Å². The molecule has 0 fully saturated rings. The summed E-state index contributed by atoms with van der Waals surface area (Å²) in [7, 11) is 0. The molecule has 1 aliphatic rings. The van der Waals surface area contributed by atoms with Crippen LogP contribution in [-0.2, 0) is 6.54 Å². The fourth-order valence-corrected chi connectivity index (χ4v) is 5.91. The van der Waals surface area contributed by atoms with Crippen LogP contribution in [0, 0.1) is 0 Å². The van der Waals surface area contributed by atoms with Crippen LogP contribution in [-0.4, -0.2) is 16.8 Å². The molecule has 0 unspecified atom stereocenters. The number of fused-ring (bicyclic) bond motifs is 2. The van der Waals surface area contributed by atoms with Gasteiger partial charge in [0.25, 0.3) is 5.01 Å². The van der Waals surface area contributed by atoms with E-state index in [1.807, 2.05) is 24.3 Å². The molecular formula is C22H23N2O2S2+. The van der Waals surface area contributed by atoms with Crippen molar-refractivity contribution in [3.63, 3.8) is 0 Å². The predicted octanol–water partition coefficient (Wildman–Crippen LogP) is 5.50. The summed E-state index contributed by atoms with van der Waals surface area (Å²) in [5, 5.41) is 22.0. The number of thioether (sulfide) groups is 1. The van der Waals surface area contributed by atoms with Crippen LogP contribution in [0.2, 0.25) is 0 Å². The molecule has 2 heterocycles. The van der Waals surface area contributed by atoms with E-state index in [1.54, 1.807) is 35.2 Å². The molecule has 0 amide bonds. The quantitative estimate of drug-likeness (QED) is 0.557. The molecule has 1 aromatic heterocycles. The molecule has 0 saturated heterocycles. The van der Waals surface area contributed by atoms with Crippen molar-refractivity contribution in [2.24, 2.45) is 0 Å². The maximum absolute atomic E-state index is 9.83. The van der Waals surface area contributed by atoms with Crippen molar-refractivity contribution < 1.29 is 14.8 Å². The van der Waals surface area contributed by atoms with Crippen molar-refractivity contribution in [1.29, 1.82) is 0 Å². The number of phenolic OH excluding ortho intramolecular Hbond substituents is 2. The Balaban J connectivity index is 1.71. The second kappa shape index (κ2) is 7.53. The molecule has 1 aliphatic heterocycles. The van der Waals surface area contributed by atoms with Crippen LogP contribution in [0.3, 0.4) is 0 Å². The third kappa shape index (κ3) is 3.38. The topological polar surface area (TPSA) is 47.6 Å². The lowest BCUT2D eigenvalue weighted by atomic mass is 10.2. The maximum Gasteiger partial charge on any atom is 0.262 e. The largest absolute Gasteiger partial charge is 0.508 e. The zero-order valence-electron chi connectivity index (χ0n) is 16.1. The van der Waals surface area contributed by atoms with Crippen molar-refractivity contribution in [1.82, 2.24) is 0 Å². The van der Waals surface area contributed by atoms with Crippen molar-refractivity contribution in [2.45, 2.75) is 32.2 Å². The normalized spacial score (nSPS) is 15.6. The molecule has 144 valence electrons. The summed E-state index contributed by atoms with van der Waals surface area (Å²) in [5.74, 6) is 0.590. The summed E-state index contributed by atoms with van der Waals surface area (Å²) in [5.41, 5.74) is 3.29. The predicted molar refractivity (Wildman–Crippen MR) is 118 cm³/mol. The van der Waals surface area contributed by atoms with Gasteiger partial charge >= 0.3 is 0 Å². The van der Waals surface area contributed by atoms with E-state index in [0.29, 0.717) is 11.5 Å². The number of thiazole rings is 1. The molecular weight excluding hydrogens is 388 g/mol. The summed E-state index contributed by atoms with van der Waals surface area (Å²) in [6.07, 6.45) is 4.40. The standard InChI is InChI=1S/C22H22N2O2S2/c1-4-23-17-12-15(25)6-8-19(17)27-21(23)10-14(3)11-22-24(5-2)18-13-16(26)7-9-20(18)28-22/h6-13H,4-5H2,1-3H3,(H-,25,26)/p+1. The highest BCUT2D eigenvalue weighted by Gasteiger charge is 2.24. The smallest absolute Gasteiger partial charge is 0.262 e. The van der Waals surface area contributed by atoms with Crippen molar-refractivity contribution in [3.8, 4) is 11.5 Å². The van der Waals surface area contributed by atoms with E-state index in [9.17, 15) is 10.2 Å². The van der Waals surface area contributed by atoms with E-state index >= 15 is 0 Å². The molecule has 0 atom stereocenters. The van der Waals surface area contributed by atoms with Crippen LogP contribution < -0.4 is 9.47 Å². The number of hydrogen-bond donors (Lipinski definition) is 2. The highest BCUT2D eigenvalue weighted by Crippen LogP contribution is 2.47. The second-order valence-electron chi connectivity index (χ2n) is 6.71. The molecule has 4 nitrogen and oxygen atoms in total. The molecule has 0 aliphatic carbocycles. The number of phenols is 2. The van der Waals surface area contributed by atoms with Crippen LogP contribution in [0.15, 0.2) is 58.0 Å². The van der Waals surface area contributed by atoms with E-state index in [0.717, 1.165) is 29.9 Å². The summed E-state index contributed by atoms with van der Waals surface area (Å²) in [6.45, 7) is 8.05. The van der Waals surface area contributed by atoms with Crippen LogP contribution >= 0.6 is 23.1 Å². The Morgan fingerprint density at radius 1 is 1.11 bits per heavy atom. The van der Waals surface area contributed by atoms with E-state index < -0.39 is 0 Å². The lowest BCUT2D eigenvalue weighted by Crippen LogP contribution is -2.33. The van der Waals surface area contributed by atoms with E-state index in [4.69, 9.17) is 0 Å². The molecule has 3 aromatic rings. The average Bonchev–Trinajstić information content (AvgIpc) is 3.17. The Bertz CT molecular complexity index is 1120. The maximum atomic E-state index is 9.83. The first-order valence-corrected chi connectivity index (χ1v) is 11.0. The lowest BCUT2D eigenvalue weighted by molar-refractivity contribution is -0.665. The number of aryl methyl sites for hydroxylation is 1. The molecule has 0 bridgehead atoms. The minimum Gasteiger partial charge on any atom is -0.508 e. The average molecular weight is 412 g/mol. The van der Waals surface area contributed by atoms with Crippen molar-refractivity contribution in [2.75, 3.05) is 11.4 Å². The molecule has 4 rings (SSSR count). The number of nitrogens with zero attached hydrogens (tertiary/aromatic N) is 2. The zero-order chi connectivity index (χ0) is 19.8. The summed E-state index contributed by atoms with van der Waals surface area (Å²) in [6, 6.07) is 11.1. The number of benzene rings is 2.